The lowest BCUT2D eigenvalue weighted by Gasteiger charge is -2.32. The Hall–Kier alpha value is -2.45. The van der Waals surface area contributed by atoms with Gasteiger partial charge in [0.1, 0.15) is 0 Å². The van der Waals surface area contributed by atoms with Gasteiger partial charge in [0.2, 0.25) is 5.91 Å². The molecular formula is C19H27N3O5. The molecule has 0 bridgehead atoms. The van der Waals surface area contributed by atoms with E-state index in [1.165, 1.54) is 24.0 Å². The zero-order valence-electron chi connectivity index (χ0n) is 15.6. The Kier molecular flexibility index (Phi) is 7.75. The Labute approximate surface area is 158 Å². The fraction of sp³-hybridized carbons (Fsp3) is 0.526. The quantitative estimate of drug-likeness (QED) is 0.669. The van der Waals surface area contributed by atoms with Crippen LogP contribution in [0.5, 0.6) is 0 Å². The number of fused-ring (bicyclic) bond motifs is 1. The maximum absolute atomic E-state index is 12.1. The number of carboxylic acid groups (broad SMARTS) is 2. The van der Waals surface area contributed by atoms with Crippen molar-refractivity contribution in [3.63, 3.8) is 0 Å². The number of nitrogens with zero attached hydrogens (tertiary/aromatic N) is 2. The number of rotatable bonds is 4. The molecule has 8 heteroatoms. The van der Waals surface area contributed by atoms with Crippen molar-refractivity contribution in [3.05, 3.63) is 29.3 Å². The van der Waals surface area contributed by atoms with E-state index >= 15 is 0 Å². The summed E-state index contributed by atoms with van der Waals surface area (Å²) in [6, 6.07) is 6.35. The predicted molar refractivity (Wildman–Crippen MR) is 101 cm³/mol. The Bertz CT molecular complexity index is 672. The highest BCUT2D eigenvalue weighted by molar-refractivity contribution is 6.27. The number of hydrogen-bond donors (Lipinski definition) is 3. The largest absolute Gasteiger partial charge is 0.473 e. The van der Waals surface area contributed by atoms with Gasteiger partial charge in [-0.1, -0.05) is 6.07 Å². The molecule has 0 aromatic heterocycles. The van der Waals surface area contributed by atoms with Crippen LogP contribution < -0.4 is 5.32 Å². The first-order valence-electron chi connectivity index (χ1n) is 9.14. The van der Waals surface area contributed by atoms with Crippen molar-refractivity contribution >= 4 is 23.5 Å². The van der Waals surface area contributed by atoms with E-state index in [-0.39, 0.29) is 5.91 Å². The molecule has 0 radical (unpaired) electrons. The summed E-state index contributed by atoms with van der Waals surface area (Å²) in [5.41, 5.74) is 3.82. The zero-order chi connectivity index (χ0) is 19.8. The van der Waals surface area contributed by atoms with Gasteiger partial charge in [0.05, 0.1) is 0 Å². The number of amides is 1. The maximum Gasteiger partial charge on any atom is 0.414 e. The lowest BCUT2D eigenvalue weighted by Crippen LogP contribution is -2.45. The monoisotopic (exact) mass is 377 g/mol. The molecule has 0 saturated carbocycles. The molecule has 1 aromatic carbocycles. The lowest BCUT2D eigenvalue weighted by atomic mass is 10.1. The summed E-state index contributed by atoms with van der Waals surface area (Å²) in [6.45, 7) is 5.22. The number of nitrogens with one attached hydrogen (secondary N) is 1. The SMILES string of the molecule is CN1CCN(CCC(=O)Nc2ccc3c(c2)CCC3)CC1.O=C(O)C(=O)O. The summed E-state index contributed by atoms with van der Waals surface area (Å²) < 4.78 is 0. The second kappa shape index (κ2) is 10.0. The van der Waals surface area contributed by atoms with Gasteiger partial charge < -0.3 is 25.3 Å². The number of carbonyl (C=O) groups is 3. The number of aryl methyl sites for hydroxylation is 2. The van der Waals surface area contributed by atoms with Crippen molar-refractivity contribution in [3.8, 4) is 0 Å². The standard InChI is InChI=1S/C17H25N3O.C2H2O4/c1-19-9-11-20(12-10-19)8-7-17(21)18-16-6-5-14-3-2-4-15(14)13-16;3-1(4)2(5)6/h5-6,13H,2-4,7-12H2,1H3,(H,18,21);(H,3,4)(H,5,6). The van der Waals surface area contributed by atoms with Gasteiger partial charge in [-0.05, 0) is 49.6 Å². The van der Waals surface area contributed by atoms with Crippen LogP contribution in [0.15, 0.2) is 18.2 Å². The molecule has 1 amide bonds. The molecule has 1 aromatic rings. The van der Waals surface area contributed by atoms with Gasteiger partial charge in [-0.2, -0.15) is 0 Å². The van der Waals surface area contributed by atoms with Crippen LogP contribution in [-0.2, 0) is 27.2 Å². The number of anilines is 1. The van der Waals surface area contributed by atoms with Crippen LogP contribution in [0.1, 0.15) is 24.0 Å². The van der Waals surface area contributed by atoms with E-state index in [1.54, 1.807) is 0 Å². The molecule has 1 saturated heterocycles. The number of aliphatic carboxylic acids is 2. The van der Waals surface area contributed by atoms with Gasteiger partial charge in [0.25, 0.3) is 0 Å². The summed E-state index contributed by atoms with van der Waals surface area (Å²) in [5, 5.41) is 17.8. The summed E-state index contributed by atoms with van der Waals surface area (Å²) in [6.07, 6.45) is 4.17. The molecule has 0 atom stereocenters. The molecular weight excluding hydrogens is 350 g/mol. The maximum atomic E-state index is 12.1. The van der Waals surface area contributed by atoms with E-state index in [2.05, 4.69) is 34.3 Å². The second-order valence-corrected chi connectivity index (χ2v) is 6.89. The van der Waals surface area contributed by atoms with Crippen LogP contribution in [0.2, 0.25) is 0 Å². The van der Waals surface area contributed by atoms with E-state index in [0.717, 1.165) is 44.8 Å². The van der Waals surface area contributed by atoms with Crippen LogP contribution in [0.3, 0.4) is 0 Å². The van der Waals surface area contributed by atoms with Crippen LogP contribution >= 0.6 is 0 Å². The summed E-state index contributed by atoms with van der Waals surface area (Å²) >= 11 is 0. The molecule has 3 N–H and O–H groups in total. The van der Waals surface area contributed by atoms with Crippen molar-refractivity contribution in [2.75, 3.05) is 45.1 Å². The van der Waals surface area contributed by atoms with Gasteiger partial charge in [-0.3, -0.25) is 4.79 Å². The molecule has 27 heavy (non-hydrogen) atoms. The third kappa shape index (κ3) is 6.99. The molecule has 1 aliphatic carbocycles. The number of hydrogen-bond acceptors (Lipinski definition) is 5. The smallest absolute Gasteiger partial charge is 0.414 e. The van der Waals surface area contributed by atoms with Crippen molar-refractivity contribution < 1.29 is 24.6 Å². The van der Waals surface area contributed by atoms with Gasteiger partial charge >= 0.3 is 11.9 Å². The fourth-order valence-electron chi connectivity index (χ4n) is 3.20. The average Bonchev–Trinajstić information content (AvgIpc) is 3.09. The molecule has 1 fully saturated rings. The first-order chi connectivity index (χ1) is 12.8. The van der Waals surface area contributed by atoms with Gasteiger partial charge in [0.15, 0.2) is 0 Å². The lowest BCUT2D eigenvalue weighted by molar-refractivity contribution is -0.159. The molecule has 0 spiro atoms. The highest BCUT2D eigenvalue weighted by Crippen LogP contribution is 2.24. The fourth-order valence-corrected chi connectivity index (χ4v) is 3.20. The second-order valence-electron chi connectivity index (χ2n) is 6.89. The minimum Gasteiger partial charge on any atom is -0.473 e. The van der Waals surface area contributed by atoms with Crippen LogP contribution in [0.4, 0.5) is 5.69 Å². The van der Waals surface area contributed by atoms with E-state index in [0.29, 0.717) is 6.42 Å². The van der Waals surface area contributed by atoms with Gasteiger partial charge in [-0.25, -0.2) is 9.59 Å². The van der Waals surface area contributed by atoms with Crippen molar-refractivity contribution in [1.82, 2.24) is 9.80 Å². The molecule has 148 valence electrons. The first kappa shape index (κ1) is 20.9. The number of carboxylic acids is 2. The number of likely N-dealkylation sites (N-methyl/N-ethyl adjacent to an activating group) is 1. The Morgan fingerprint density at radius 1 is 1.00 bits per heavy atom. The topological polar surface area (TPSA) is 110 Å². The normalized spacial score (nSPS) is 16.8. The van der Waals surface area contributed by atoms with Crippen LogP contribution in [-0.4, -0.2) is 77.6 Å². The minimum absolute atomic E-state index is 0.131. The number of piperazine rings is 1. The summed E-state index contributed by atoms with van der Waals surface area (Å²) in [5.74, 6) is -3.52. The van der Waals surface area contributed by atoms with Crippen molar-refractivity contribution in [2.24, 2.45) is 0 Å². The molecule has 1 aliphatic heterocycles. The first-order valence-corrected chi connectivity index (χ1v) is 9.14. The molecule has 1 heterocycles. The summed E-state index contributed by atoms with van der Waals surface area (Å²) in [7, 11) is 2.15. The van der Waals surface area contributed by atoms with E-state index < -0.39 is 11.9 Å². The average molecular weight is 377 g/mol. The number of carbonyl (C=O) groups excluding carboxylic acids is 1. The third-order valence-corrected chi connectivity index (χ3v) is 4.82. The van der Waals surface area contributed by atoms with E-state index in [1.807, 2.05) is 6.07 Å². The predicted octanol–water partition coefficient (Wildman–Crippen LogP) is 0.907. The van der Waals surface area contributed by atoms with Crippen molar-refractivity contribution in [1.29, 1.82) is 0 Å². The van der Waals surface area contributed by atoms with Crippen LogP contribution in [0, 0.1) is 0 Å². The Balaban J connectivity index is 0.000000380. The van der Waals surface area contributed by atoms with E-state index in [9.17, 15) is 4.79 Å². The Morgan fingerprint density at radius 3 is 2.26 bits per heavy atom. The number of benzene rings is 1. The third-order valence-electron chi connectivity index (χ3n) is 4.82. The zero-order valence-corrected chi connectivity index (χ0v) is 15.6. The highest BCUT2D eigenvalue weighted by Gasteiger charge is 2.15. The Morgan fingerprint density at radius 2 is 1.63 bits per heavy atom. The van der Waals surface area contributed by atoms with E-state index in [4.69, 9.17) is 19.8 Å². The van der Waals surface area contributed by atoms with Crippen LogP contribution in [0.25, 0.3) is 0 Å². The van der Waals surface area contributed by atoms with Gasteiger partial charge in [-0.15, -0.1) is 0 Å². The molecule has 8 nitrogen and oxygen atoms in total. The van der Waals surface area contributed by atoms with Gasteiger partial charge in [0, 0.05) is 44.8 Å². The molecule has 2 aliphatic rings. The van der Waals surface area contributed by atoms with Crippen molar-refractivity contribution in [2.45, 2.75) is 25.7 Å². The minimum atomic E-state index is -1.82. The molecule has 0 unspecified atom stereocenters. The highest BCUT2D eigenvalue weighted by atomic mass is 16.4. The molecule has 3 rings (SSSR count). The summed E-state index contributed by atoms with van der Waals surface area (Å²) in [4.78, 5) is 35.0.